The molecule has 2 atom stereocenters. The largest absolute Gasteiger partial charge is 0.379 e. The van der Waals surface area contributed by atoms with E-state index in [0.717, 1.165) is 6.54 Å². The first-order chi connectivity index (χ1) is 9.27. The van der Waals surface area contributed by atoms with Gasteiger partial charge < -0.3 is 10.1 Å². The number of methoxy groups -OCH3 is 1. The average Bonchev–Trinajstić information content (AvgIpc) is 2.86. The van der Waals surface area contributed by atoms with Crippen molar-refractivity contribution in [3.63, 3.8) is 0 Å². The summed E-state index contributed by atoms with van der Waals surface area (Å²) in [6.07, 6.45) is 7.10. The van der Waals surface area contributed by atoms with E-state index in [4.69, 9.17) is 4.74 Å². The number of likely N-dealkylation sites (N-methyl/N-ethyl adjacent to an activating group) is 1. The highest BCUT2D eigenvalue weighted by Gasteiger charge is 2.32. The zero-order valence-corrected chi connectivity index (χ0v) is 13.3. The summed E-state index contributed by atoms with van der Waals surface area (Å²) >= 11 is 1.86. The average molecular weight is 281 g/mol. The summed E-state index contributed by atoms with van der Waals surface area (Å²) in [7, 11) is 1.88. The minimum atomic E-state index is 0.317. The monoisotopic (exact) mass is 281 g/mol. The molecule has 1 aromatic heterocycles. The Bertz CT molecular complexity index is 371. The quantitative estimate of drug-likeness (QED) is 0.839. The molecule has 1 saturated carbocycles. The van der Waals surface area contributed by atoms with Crippen molar-refractivity contribution in [3.8, 4) is 0 Å². The molecule has 1 N–H and O–H groups in total. The number of rotatable bonds is 6. The fourth-order valence-corrected chi connectivity index (χ4v) is 4.38. The van der Waals surface area contributed by atoms with Crippen molar-refractivity contribution in [3.05, 3.63) is 21.9 Å². The normalized spacial score (nSPS) is 20.4. The minimum absolute atomic E-state index is 0.317. The molecule has 2 nitrogen and oxygen atoms in total. The van der Waals surface area contributed by atoms with Crippen molar-refractivity contribution in [1.29, 1.82) is 0 Å². The summed E-state index contributed by atoms with van der Waals surface area (Å²) in [6, 6.07) is 2.58. The van der Waals surface area contributed by atoms with E-state index >= 15 is 0 Å². The van der Waals surface area contributed by atoms with E-state index < -0.39 is 0 Å². The third-order valence-electron chi connectivity index (χ3n) is 4.32. The van der Waals surface area contributed by atoms with Crippen LogP contribution >= 0.6 is 11.3 Å². The predicted octanol–water partition coefficient (Wildman–Crippen LogP) is 4.30. The molecule has 1 aliphatic rings. The predicted molar refractivity (Wildman–Crippen MR) is 82.8 cm³/mol. The Morgan fingerprint density at radius 1 is 1.37 bits per heavy atom. The molecule has 0 amide bonds. The third-order valence-corrected chi connectivity index (χ3v) is 5.43. The molecule has 3 heteroatoms. The first-order valence-electron chi connectivity index (χ1n) is 7.58. The molecule has 0 aromatic carbocycles. The van der Waals surface area contributed by atoms with Gasteiger partial charge in [-0.15, -0.1) is 11.3 Å². The van der Waals surface area contributed by atoms with Crippen LogP contribution in [-0.2, 0) is 4.74 Å². The van der Waals surface area contributed by atoms with E-state index in [1.807, 2.05) is 18.4 Å². The van der Waals surface area contributed by atoms with Crippen molar-refractivity contribution in [2.45, 2.75) is 58.1 Å². The summed E-state index contributed by atoms with van der Waals surface area (Å²) in [6.45, 7) is 5.39. The Balaban J connectivity index is 2.17. The SMILES string of the molecule is CCNC(c1sccc1C)C(OC)C1CCCCC1. The van der Waals surface area contributed by atoms with Crippen LogP contribution in [0.3, 0.4) is 0 Å². The minimum Gasteiger partial charge on any atom is -0.379 e. The lowest BCUT2D eigenvalue weighted by Gasteiger charge is -2.35. The first kappa shape index (κ1) is 15.0. The Labute approximate surface area is 121 Å². The molecule has 1 aliphatic carbocycles. The van der Waals surface area contributed by atoms with Crippen LogP contribution in [0.2, 0.25) is 0 Å². The van der Waals surface area contributed by atoms with Gasteiger partial charge in [-0.3, -0.25) is 0 Å². The zero-order valence-electron chi connectivity index (χ0n) is 12.4. The van der Waals surface area contributed by atoms with Crippen LogP contribution in [0.4, 0.5) is 0 Å². The highest BCUT2D eigenvalue weighted by molar-refractivity contribution is 7.10. The maximum atomic E-state index is 5.93. The lowest BCUT2D eigenvalue weighted by molar-refractivity contribution is 0.00866. The number of aryl methyl sites for hydroxylation is 1. The molecular formula is C16H27NOS. The van der Waals surface area contributed by atoms with Crippen molar-refractivity contribution < 1.29 is 4.74 Å². The van der Waals surface area contributed by atoms with Crippen LogP contribution in [0.1, 0.15) is 55.5 Å². The maximum Gasteiger partial charge on any atom is 0.0802 e. The van der Waals surface area contributed by atoms with E-state index in [1.165, 1.54) is 42.5 Å². The van der Waals surface area contributed by atoms with Gasteiger partial charge in [0.1, 0.15) is 0 Å². The van der Waals surface area contributed by atoms with Crippen LogP contribution < -0.4 is 5.32 Å². The Morgan fingerprint density at radius 2 is 2.11 bits per heavy atom. The first-order valence-corrected chi connectivity index (χ1v) is 8.46. The Kier molecular flexibility index (Phi) is 5.86. The molecule has 0 spiro atoms. The summed E-state index contributed by atoms with van der Waals surface area (Å²) in [5.74, 6) is 0.712. The van der Waals surface area contributed by atoms with Gasteiger partial charge in [0.2, 0.25) is 0 Å². The van der Waals surface area contributed by atoms with E-state index in [1.54, 1.807) is 0 Å². The van der Waals surface area contributed by atoms with Gasteiger partial charge in [0.05, 0.1) is 12.1 Å². The molecule has 2 unspecified atom stereocenters. The molecule has 1 heterocycles. The third kappa shape index (κ3) is 3.59. The van der Waals surface area contributed by atoms with Gasteiger partial charge in [-0.25, -0.2) is 0 Å². The Morgan fingerprint density at radius 3 is 2.63 bits per heavy atom. The van der Waals surface area contributed by atoms with Crippen molar-refractivity contribution in [2.24, 2.45) is 5.92 Å². The molecule has 19 heavy (non-hydrogen) atoms. The van der Waals surface area contributed by atoms with Crippen molar-refractivity contribution in [2.75, 3.05) is 13.7 Å². The second-order valence-electron chi connectivity index (χ2n) is 5.60. The fourth-order valence-electron chi connectivity index (χ4n) is 3.34. The molecule has 0 aliphatic heterocycles. The second kappa shape index (κ2) is 7.41. The Hall–Kier alpha value is -0.380. The summed E-state index contributed by atoms with van der Waals surface area (Å²) in [4.78, 5) is 1.46. The summed E-state index contributed by atoms with van der Waals surface area (Å²) in [5, 5.41) is 5.86. The number of hydrogen-bond acceptors (Lipinski definition) is 3. The standard InChI is InChI=1S/C16H27NOS/c1-4-17-14(16-12(2)10-11-19-16)15(18-3)13-8-6-5-7-9-13/h10-11,13-15,17H,4-9H2,1-3H3. The van der Waals surface area contributed by atoms with Gasteiger partial charge in [-0.05, 0) is 49.2 Å². The topological polar surface area (TPSA) is 21.3 Å². The number of ether oxygens (including phenoxy) is 1. The van der Waals surface area contributed by atoms with Gasteiger partial charge >= 0.3 is 0 Å². The number of nitrogens with one attached hydrogen (secondary N) is 1. The van der Waals surface area contributed by atoms with Gasteiger partial charge in [0, 0.05) is 12.0 Å². The van der Waals surface area contributed by atoms with Crippen LogP contribution in [0.15, 0.2) is 11.4 Å². The highest BCUT2D eigenvalue weighted by atomic mass is 32.1. The van der Waals surface area contributed by atoms with Crippen LogP contribution in [0.5, 0.6) is 0 Å². The molecule has 0 saturated heterocycles. The van der Waals surface area contributed by atoms with Gasteiger partial charge in [-0.2, -0.15) is 0 Å². The molecule has 1 fully saturated rings. The molecular weight excluding hydrogens is 254 g/mol. The van der Waals surface area contributed by atoms with Gasteiger partial charge in [0.25, 0.3) is 0 Å². The maximum absolute atomic E-state index is 5.93. The summed E-state index contributed by atoms with van der Waals surface area (Å²) < 4.78 is 5.93. The van der Waals surface area contributed by atoms with Crippen molar-refractivity contribution >= 4 is 11.3 Å². The van der Waals surface area contributed by atoms with Crippen molar-refractivity contribution in [1.82, 2.24) is 5.32 Å². The van der Waals surface area contributed by atoms with Crippen LogP contribution in [0, 0.1) is 12.8 Å². The second-order valence-corrected chi connectivity index (χ2v) is 6.55. The molecule has 1 aromatic rings. The van der Waals surface area contributed by atoms with E-state index in [0.29, 0.717) is 18.1 Å². The zero-order chi connectivity index (χ0) is 13.7. The van der Waals surface area contributed by atoms with E-state index in [-0.39, 0.29) is 0 Å². The molecule has 108 valence electrons. The van der Waals surface area contributed by atoms with Crippen LogP contribution in [-0.4, -0.2) is 19.8 Å². The number of hydrogen-bond donors (Lipinski definition) is 1. The van der Waals surface area contributed by atoms with E-state index in [9.17, 15) is 0 Å². The molecule has 2 rings (SSSR count). The lowest BCUT2D eigenvalue weighted by Crippen LogP contribution is -2.39. The highest BCUT2D eigenvalue weighted by Crippen LogP contribution is 2.36. The molecule has 0 bridgehead atoms. The smallest absolute Gasteiger partial charge is 0.0802 e. The molecule has 0 radical (unpaired) electrons. The fraction of sp³-hybridized carbons (Fsp3) is 0.750. The number of thiophene rings is 1. The van der Waals surface area contributed by atoms with E-state index in [2.05, 4.69) is 30.6 Å². The lowest BCUT2D eigenvalue weighted by atomic mass is 9.82. The van der Waals surface area contributed by atoms with Crippen LogP contribution in [0.25, 0.3) is 0 Å². The van der Waals surface area contributed by atoms with Gasteiger partial charge in [0.15, 0.2) is 0 Å². The summed E-state index contributed by atoms with van der Waals surface area (Å²) in [5.41, 5.74) is 1.40. The van der Waals surface area contributed by atoms with Gasteiger partial charge in [-0.1, -0.05) is 26.2 Å².